The van der Waals surface area contributed by atoms with Crippen LogP contribution >= 0.6 is 0 Å². The Balaban J connectivity index is 1.53. The lowest BCUT2D eigenvalue weighted by Crippen LogP contribution is -2.40. The summed E-state index contributed by atoms with van der Waals surface area (Å²) in [7, 11) is -3.84. The van der Waals surface area contributed by atoms with Crippen LogP contribution in [0.15, 0.2) is 108 Å². The van der Waals surface area contributed by atoms with Gasteiger partial charge >= 0.3 is 0 Å². The van der Waals surface area contributed by atoms with Gasteiger partial charge in [0, 0.05) is 13.1 Å². The Hall–Kier alpha value is -4.05. The number of ether oxygens (including phenoxy) is 2. The molecule has 1 aliphatic rings. The number of rotatable bonds is 8. The molecule has 1 heterocycles. The van der Waals surface area contributed by atoms with Gasteiger partial charge in [-0.2, -0.15) is 4.31 Å². The lowest BCUT2D eigenvalue weighted by Gasteiger charge is -2.26. The maximum atomic E-state index is 13.8. The zero-order chi connectivity index (χ0) is 27.2. The molecule has 200 valence electrons. The minimum absolute atomic E-state index is 0.0159. The molecule has 0 aromatic heterocycles. The first-order valence-corrected chi connectivity index (χ1v) is 13.9. The van der Waals surface area contributed by atoms with E-state index in [9.17, 15) is 17.6 Å². The van der Waals surface area contributed by atoms with Crippen molar-refractivity contribution in [2.24, 2.45) is 0 Å². The zero-order valence-electron chi connectivity index (χ0n) is 21.0. The normalized spacial score (nSPS) is 14.2. The first-order valence-electron chi connectivity index (χ1n) is 12.5. The number of anilines is 1. The van der Waals surface area contributed by atoms with Gasteiger partial charge < -0.3 is 14.8 Å². The van der Waals surface area contributed by atoms with E-state index in [1.54, 1.807) is 0 Å². The topological polar surface area (TPSA) is 84.9 Å². The number of hydrogen-bond acceptors (Lipinski definition) is 5. The summed E-state index contributed by atoms with van der Waals surface area (Å²) < 4.78 is 52.8. The van der Waals surface area contributed by atoms with Crippen molar-refractivity contribution in [3.63, 3.8) is 0 Å². The van der Waals surface area contributed by atoms with Gasteiger partial charge in [0.05, 0.1) is 29.7 Å². The van der Waals surface area contributed by atoms with Crippen molar-refractivity contribution in [3.8, 4) is 11.5 Å². The second kappa shape index (κ2) is 11.8. The molecule has 0 spiro atoms. The van der Waals surface area contributed by atoms with Gasteiger partial charge in [0.15, 0.2) is 5.75 Å². The molecule has 9 heteroatoms. The summed E-state index contributed by atoms with van der Waals surface area (Å²) in [5, 5.41) is 2.91. The van der Waals surface area contributed by atoms with Crippen LogP contribution in [0, 0.1) is 5.82 Å². The lowest BCUT2D eigenvalue weighted by molar-refractivity contribution is -0.116. The first-order chi connectivity index (χ1) is 18.9. The van der Waals surface area contributed by atoms with Crippen molar-refractivity contribution in [2.45, 2.75) is 10.8 Å². The number of sulfonamides is 1. The molecule has 0 atom stereocenters. The third-order valence-corrected chi connectivity index (χ3v) is 8.28. The molecule has 5 rings (SSSR count). The average molecular weight is 547 g/mol. The third kappa shape index (κ3) is 6.17. The van der Waals surface area contributed by atoms with Gasteiger partial charge in [0.25, 0.3) is 0 Å². The molecule has 0 bridgehead atoms. The molecule has 7 nitrogen and oxygen atoms in total. The highest BCUT2D eigenvalue weighted by Crippen LogP contribution is 2.35. The first kappa shape index (κ1) is 26.6. The Morgan fingerprint density at radius 3 is 2.03 bits per heavy atom. The molecule has 1 N–H and O–H groups in total. The molecule has 0 radical (unpaired) electrons. The average Bonchev–Trinajstić information content (AvgIpc) is 2.97. The van der Waals surface area contributed by atoms with Crippen molar-refractivity contribution in [2.75, 3.05) is 31.6 Å². The number of benzene rings is 4. The van der Waals surface area contributed by atoms with Crippen LogP contribution in [0.1, 0.15) is 17.0 Å². The van der Waals surface area contributed by atoms with E-state index in [4.69, 9.17) is 9.47 Å². The quantitative estimate of drug-likeness (QED) is 0.320. The summed E-state index contributed by atoms with van der Waals surface area (Å²) in [4.78, 5) is 13.8. The number of amides is 1. The van der Waals surface area contributed by atoms with E-state index in [0.29, 0.717) is 19.0 Å². The molecule has 0 saturated carbocycles. The van der Waals surface area contributed by atoms with E-state index in [1.165, 1.54) is 46.8 Å². The molecular formula is C30H27FN2O5S. The fraction of sp³-hybridized carbons (Fsp3) is 0.167. The van der Waals surface area contributed by atoms with Gasteiger partial charge in [-0.1, -0.05) is 60.7 Å². The fourth-order valence-electron chi connectivity index (χ4n) is 4.41. The highest BCUT2D eigenvalue weighted by molar-refractivity contribution is 7.89. The smallest absolute Gasteiger partial charge is 0.243 e. The monoisotopic (exact) mass is 546 g/mol. The minimum atomic E-state index is -3.84. The van der Waals surface area contributed by atoms with Crippen molar-refractivity contribution in [3.05, 3.63) is 120 Å². The molecule has 0 aliphatic carbocycles. The van der Waals surface area contributed by atoms with E-state index >= 15 is 0 Å². The Morgan fingerprint density at radius 2 is 1.44 bits per heavy atom. The van der Waals surface area contributed by atoms with Crippen LogP contribution in [-0.2, 0) is 19.6 Å². The number of halogens is 1. The SMILES string of the molecule is O=C(Nc1cc(S(=O)(=O)N2CCOCC2)ccc1Oc1ccc(F)cc1)C(c1ccccc1)c1ccccc1. The molecule has 0 unspecified atom stereocenters. The second-order valence-corrected chi connectivity index (χ2v) is 10.9. The van der Waals surface area contributed by atoms with Crippen LogP contribution in [0.2, 0.25) is 0 Å². The molecular weight excluding hydrogens is 519 g/mol. The maximum Gasteiger partial charge on any atom is 0.243 e. The second-order valence-electron chi connectivity index (χ2n) is 8.97. The predicted molar refractivity (Wildman–Crippen MR) is 146 cm³/mol. The summed E-state index contributed by atoms with van der Waals surface area (Å²) >= 11 is 0. The highest BCUT2D eigenvalue weighted by Gasteiger charge is 2.29. The summed E-state index contributed by atoms with van der Waals surface area (Å²) in [5.74, 6) is -0.895. The van der Waals surface area contributed by atoms with Crippen LogP contribution in [0.5, 0.6) is 11.5 Å². The minimum Gasteiger partial charge on any atom is -0.455 e. The molecule has 39 heavy (non-hydrogen) atoms. The summed E-state index contributed by atoms with van der Waals surface area (Å²) in [6.45, 7) is 1.10. The van der Waals surface area contributed by atoms with E-state index in [2.05, 4.69) is 5.32 Å². The summed E-state index contributed by atoms with van der Waals surface area (Å²) in [6, 6.07) is 28.4. The summed E-state index contributed by atoms with van der Waals surface area (Å²) in [6.07, 6.45) is 0. The molecule has 1 fully saturated rings. The maximum absolute atomic E-state index is 13.8. The molecule has 1 aliphatic heterocycles. The van der Waals surface area contributed by atoms with Gasteiger partial charge in [-0.15, -0.1) is 0 Å². The van der Waals surface area contributed by atoms with Crippen molar-refractivity contribution in [1.29, 1.82) is 0 Å². The van der Waals surface area contributed by atoms with E-state index in [-0.39, 0.29) is 35.3 Å². The van der Waals surface area contributed by atoms with Gasteiger partial charge in [-0.05, 0) is 53.6 Å². The molecule has 1 amide bonds. The van der Waals surface area contributed by atoms with Gasteiger partial charge in [-0.3, -0.25) is 4.79 Å². The van der Waals surface area contributed by atoms with Crippen LogP contribution in [-0.4, -0.2) is 44.9 Å². The lowest BCUT2D eigenvalue weighted by atomic mass is 9.90. The Morgan fingerprint density at radius 1 is 0.846 bits per heavy atom. The van der Waals surface area contributed by atoms with Gasteiger partial charge in [0.1, 0.15) is 11.6 Å². The molecule has 4 aromatic carbocycles. The predicted octanol–water partition coefficient (Wildman–Crippen LogP) is 5.41. The standard InChI is InChI=1S/C30H27FN2O5S/c31-24-11-13-25(14-12-24)38-28-16-15-26(39(35,36)33-17-19-37-20-18-33)21-27(28)32-30(34)29(22-7-3-1-4-8-22)23-9-5-2-6-10-23/h1-16,21,29H,17-20H2,(H,32,34). The van der Waals surface area contributed by atoms with E-state index in [0.717, 1.165) is 11.1 Å². The molecule has 4 aromatic rings. The van der Waals surface area contributed by atoms with Crippen LogP contribution in [0.4, 0.5) is 10.1 Å². The van der Waals surface area contributed by atoms with E-state index < -0.39 is 21.8 Å². The Kier molecular flexibility index (Phi) is 8.02. The Labute approximate surface area is 226 Å². The zero-order valence-corrected chi connectivity index (χ0v) is 21.8. The number of nitrogens with zero attached hydrogens (tertiary/aromatic N) is 1. The Bertz CT molecular complexity index is 1490. The van der Waals surface area contributed by atoms with Crippen LogP contribution in [0.3, 0.4) is 0 Å². The number of morpholine rings is 1. The van der Waals surface area contributed by atoms with Crippen LogP contribution in [0.25, 0.3) is 0 Å². The van der Waals surface area contributed by atoms with E-state index in [1.807, 2.05) is 60.7 Å². The number of hydrogen-bond donors (Lipinski definition) is 1. The number of carbonyl (C=O) groups excluding carboxylic acids is 1. The number of nitrogens with one attached hydrogen (secondary N) is 1. The third-order valence-electron chi connectivity index (χ3n) is 6.39. The van der Waals surface area contributed by atoms with Crippen molar-refractivity contribution >= 4 is 21.6 Å². The van der Waals surface area contributed by atoms with Crippen LogP contribution < -0.4 is 10.1 Å². The van der Waals surface area contributed by atoms with Gasteiger partial charge in [0.2, 0.25) is 15.9 Å². The van der Waals surface area contributed by atoms with Crippen molar-refractivity contribution < 1.29 is 27.1 Å². The fourth-order valence-corrected chi connectivity index (χ4v) is 5.85. The van der Waals surface area contributed by atoms with Crippen molar-refractivity contribution in [1.82, 2.24) is 4.31 Å². The highest BCUT2D eigenvalue weighted by atomic mass is 32.2. The largest absolute Gasteiger partial charge is 0.455 e. The summed E-state index contributed by atoms with van der Waals surface area (Å²) in [5.41, 5.74) is 1.73. The number of carbonyl (C=O) groups is 1. The van der Waals surface area contributed by atoms with Gasteiger partial charge in [-0.25, -0.2) is 12.8 Å². The molecule has 1 saturated heterocycles.